The van der Waals surface area contributed by atoms with Gasteiger partial charge in [-0.3, -0.25) is 14.7 Å². The lowest BCUT2D eigenvalue weighted by molar-refractivity contribution is 0.0827. The number of pyridine rings is 1. The number of allylic oxidation sites excluding steroid dienone is 4. The summed E-state index contributed by atoms with van der Waals surface area (Å²) in [6.07, 6.45) is 8.14. The molecule has 2 N–H and O–H groups in total. The van der Waals surface area contributed by atoms with Gasteiger partial charge in [0, 0.05) is 56.6 Å². The van der Waals surface area contributed by atoms with Gasteiger partial charge in [0.25, 0.3) is 5.91 Å². The van der Waals surface area contributed by atoms with Crippen molar-refractivity contribution >= 4 is 17.2 Å². The van der Waals surface area contributed by atoms with Crippen molar-refractivity contribution in [1.29, 1.82) is 0 Å². The topological polar surface area (TPSA) is 60.5 Å². The van der Waals surface area contributed by atoms with Gasteiger partial charge in [-0.05, 0) is 75.5 Å². The molecule has 1 fully saturated rings. The van der Waals surface area contributed by atoms with Crippen LogP contribution < -0.4 is 10.6 Å². The molecule has 224 valence electrons. The van der Waals surface area contributed by atoms with Gasteiger partial charge in [-0.15, -0.1) is 0 Å². The molecule has 3 heterocycles. The molecule has 4 rings (SSSR count). The lowest BCUT2D eigenvalue weighted by atomic mass is 9.88. The third kappa shape index (κ3) is 9.02. The first-order valence-corrected chi connectivity index (χ1v) is 15.0. The molecular weight excluding hydrogens is 513 g/mol. The van der Waals surface area contributed by atoms with Crippen molar-refractivity contribution in [3.63, 3.8) is 0 Å². The summed E-state index contributed by atoms with van der Waals surface area (Å²) in [5.74, 6) is -0.271. The number of hydrogen-bond acceptors (Lipinski definition) is 5. The Morgan fingerprint density at radius 3 is 2.39 bits per heavy atom. The number of rotatable bonds is 7. The van der Waals surface area contributed by atoms with E-state index >= 15 is 0 Å². The number of piperidine rings is 1. The molecule has 0 aliphatic carbocycles. The Morgan fingerprint density at radius 2 is 1.83 bits per heavy atom. The van der Waals surface area contributed by atoms with Gasteiger partial charge in [-0.25, -0.2) is 4.39 Å². The van der Waals surface area contributed by atoms with Gasteiger partial charge in [-0.2, -0.15) is 0 Å². The zero-order chi connectivity index (χ0) is 30.5. The normalized spacial score (nSPS) is 16.0. The van der Waals surface area contributed by atoms with Crippen LogP contribution in [0.25, 0.3) is 5.57 Å². The van der Waals surface area contributed by atoms with Gasteiger partial charge in [0.05, 0.1) is 17.6 Å². The number of dihydropyridines is 1. The molecule has 2 aromatic rings. The van der Waals surface area contributed by atoms with E-state index in [0.717, 1.165) is 67.2 Å². The van der Waals surface area contributed by atoms with E-state index in [1.165, 1.54) is 22.1 Å². The van der Waals surface area contributed by atoms with E-state index in [0.29, 0.717) is 5.56 Å². The van der Waals surface area contributed by atoms with Crippen molar-refractivity contribution in [2.75, 3.05) is 52.6 Å². The molecular formula is C34H50FN5O. The number of amides is 1. The Labute approximate surface area is 247 Å². The Morgan fingerprint density at radius 1 is 1.15 bits per heavy atom. The van der Waals surface area contributed by atoms with Crippen LogP contribution in [0.5, 0.6) is 0 Å². The van der Waals surface area contributed by atoms with Gasteiger partial charge in [0.2, 0.25) is 0 Å². The van der Waals surface area contributed by atoms with Crippen molar-refractivity contribution in [1.82, 2.24) is 20.1 Å². The SMILES string of the molecule is CC.CC.CNc1ccc(C2=CCNC(C)=C2/C=C(\C)CN2CCC(c3ccc(C(=O)N(C)C)cc3F)CC2)nc1. The van der Waals surface area contributed by atoms with Crippen LogP contribution >= 0.6 is 0 Å². The van der Waals surface area contributed by atoms with Crippen molar-refractivity contribution in [3.8, 4) is 0 Å². The number of nitrogens with one attached hydrogen (secondary N) is 2. The second-order valence-electron chi connectivity index (χ2n) is 10.2. The molecule has 1 aromatic carbocycles. The molecule has 1 amide bonds. The average molecular weight is 564 g/mol. The number of carbonyl (C=O) groups excluding carboxylic acids is 1. The summed E-state index contributed by atoms with van der Waals surface area (Å²) in [6, 6.07) is 9.05. The van der Waals surface area contributed by atoms with Crippen LogP contribution in [0.2, 0.25) is 0 Å². The zero-order valence-electron chi connectivity index (χ0n) is 26.6. The van der Waals surface area contributed by atoms with Crippen LogP contribution in [0.3, 0.4) is 0 Å². The predicted octanol–water partition coefficient (Wildman–Crippen LogP) is 7.10. The number of aromatic nitrogens is 1. The summed E-state index contributed by atoms with van der Waals surface area (Å²) >= 11 is 0. The summed E-state index contributed by atoms with van der Waals surface area (Å²) in [4.78, 5) is 20.7. The van der Waals surface area contributed by atoms with E-state index in [2.05, 4.69) is 58.6 Å². The molecule has 2 aliphatic rings. The molecule has 0 radical (unpaired) electrons. The number of benzene rings is 1. The molecule has 0 saturated carbocycles. The standard InChI is InChI=1S/C30H38FN5O.2C2H6/c1-20(16-27-21(2)33-13-10-26(27)29-9-7-24(32-3)18-34-29)19-36-14-11-22(12-15-36)25-8-6-23(17-28(25)31)30(37)35(4)5;2*1-2/h6-10,16-18,22,32-33H,11-15,19H2,1-5H3;2*1-2H3/b20-16+;;. The molecule has 6 nitrogen and oxygen atoms in total. The summed E-state index contributed by atoms with van der Waals surface area (Å²) in [5, 5.41) is 6.58. The Bertz CT molecular complexity index is 1220. The van der Waals surface area contributed by atoms with Gasteiger partial charge < -0.3 is 15.5 Å². The predicted molar refractivity (Wildman–Crippen MR) is 172 cm³/mol. The van der Waals surface area contributed by atoms with E-state index in [-0.39, 0.29) is 17.6 Å². The maximum absolute atomic E-state index is 14.9. The molecule has 0 unspecified atom stereocenters. The van der Waals surface area contributed by atoms with Gasteiger partial charge in [0.15, 0.2) is 0 Å². The number of anilines is 1. The maximum atomic E-state index is 14.9. The number of hydrogen-bond donors (Lipinski definition) is 2. The van der Waals surface area contributed by atoms with Gasteiger partial charge in [0.1, 0.15) is 5.82 Å². The van der Waals surface area contributed by atoms with Crippen LogP contribution in [0.1, 0.15) is 81.9 Å². The Balaban J connectivity index is 0.00000141. The van der Waals surface area contributed by atoms with Gasteiger partial charge in [-0.1, -0.05) is 51.5 Å². The van der Waals surface area contributed by atoms with Crippen molar-refractivity contribution in [2.45, 2.75) is 60.3 Å². The van der Waals surface area contributed by atoms with E-state index < -0.39 is 0 Å². The first-order chi connectivity index (χ1) is 19.8. The molecule has 0 atom stereocenters. The first-order valence-electron chi connectivity index (χ1n) is 15.0. The Kier molecular flexibility index (Phi) is 13.8. The van der Waals surface area contributed by atoms with Crippen LogP contribution in [-0.4, -0.2) is 68.0 Å². The zero-order valence-corrected chi connectivity index (χ0v) is 26.6. The fraction of sp³-hybridized carbons (Fsp3) is 0.471. The number of carbonyl (C=O) groups is 1. The lowest BCUT2D eigenvalue weighted by Gasteiger charge is -2.32. The fourth-order valence-corrected chi connectivity index (χ4v) is 5.14. The molecule has 0 bridgehead atoms. The number of nitrogens with zero attached hydrogens (tertiary/aromatic N) is 3. The second-order valence-corrected chi connectivity index (χ2v) is 10.2. The van der Waals surface area contributed by atoms with Crippen LogP contribution in [0.4, 0.5) is 10.1 Å². The Hall–Kier alpha value is -3.45. The lowest BCUT2D eigenvalue weighted by Crippen LogP contribution is -2.34. The minimum atomic E-state index is -0.273. The maximum Gasteiger partial charge on any atom is 0.253 e. The fourth-order valence-electron chi connectivity index (χ4n) is 5.14. The minimum Gasteiger partial charge on any atom is -0.387 e. The molecule has 7 heteroatoms. The average Bonchev–Trinajstić information content (AvgIpc) is 3.00. The third-order valence-electron chi connectivity index (χ3n) is 7.24. The molecule has 1 aromatic heterocycles. The highest BCUT2D eigenvalue weighted by molar-refractivity contribution is 5.93. The smallest absolute Gasteiger partial charge is 0.253 e. The number of likely N-dealkylation sites (tertiary alicyclic amines) is 1. The first kappa shape index (κ1) is 33.8. The quantitative estimate of drug-likeness (QED) is 0.376. The van der Waals surface area contributed by atoms with E-state index in [9.17, 15) is 9.18 Å². The van der Waals surface area contributed by atoms with Crippen LogP contribution in [0.15, 0.2) is 65.5 Å². The van der Waals surface area contributed by atoms with Crippen molar-refractivity contribution < 1.29 is 9.18 Å². The summed E-state index contributed by atoms with van der Waals surface area (Å²) < 4.78 is 14.9. The molecule has 0 spiro atoms. The van der Waals surface area contributed by atoms with Crippen LogP contribution in [0, 0.1) is 5.82 Å². The van der Waals surface area contributed by atoms with Crippen LogP contribution in [-0.2, 0) is 0 Å². The highest BCUT2D eigenvalue weighted by atomic mass is 19.1. The van der Waals surface area contributed by atoms with Crippen molar-refractivity contribution in [3.05, 3.63) is 88.2 Å². The number of halogens is 1. The molecule has 1 saturated heterocycles. The largest absolute Gasteiger partial charge is 0.387 e. The molecule has 2 aliphatic heterocycles. The van der Waals surface area contributed by atoms with Gasteiger partial charge >= 0.3 is 0 Å². The van der Waals surface area contributed by atoms with Crippen molar-refractivity contribution in [2.24, 2.45) is 0 Å². The van der Waals surface area contributed by atoms with E-state index in [1.807, 2.05) is 40.9 Å². The minimum absolute atomic E-state index is 0.176. The highest BCUT2D eigenvalue weighted by Gasteiger charge is 2.24. The summed E-state index contributed by atoms with van der Waals surface area (Å²) in [7, 11) is 5.25. The second kappa shape index (κ2) is 16.7. The molecule has 41 heavy (non-hydrogen) atoms. The van der Waals surface area contributed by atoms with E-state index in [1.54, 1.807) is 26.2 Å². The monoisotopic (exact) mass is 563 g/mol. The highest BCUT2D eigenvalue weighted by Crippen LogP contribution is 2.32. The summed E-state index contributed by atoms with van der Waals surface area (Å²) in [5.41, 5.74) is 7.86. The van der Waals surface area contributed by atoms with E-state index in [4.69, 9.17) is 0 Å². The third-order valence-corrected chi connectivity index (χ3v) is 7.24. The summed E-state index contributed by atoms with van der Waals surface area (Å²) in [6.45, 7) is 15.8.